The van der Waals surface area contributed by atoms with E-state index in [9.17, 15) is 4.79 Å². The third-order valence-electron chi connectivity index (χ3n) is 1.70. The van der Waals surface area contributed by atoms with Crippen molar-refractivity contribution in [3.8, 4) is 0 Å². The van der Waals surface area contributed by atoms with Crippen LogP contribution in [0.1, 0.15) is 13.3 Å². The molecule has 0 aromatic rings. The van der Waals surface area contributed by atoms with Crippen LogP contribution in [0.3, 0.4) is 0 Å². The second kappa shape index (κ2) is 3.43. The van der Waals surface area contributed by atoms with Crippen LogP contribution in [0.2, 0.25) is 0 Å². The number of carbonyl (C=O) groups excluding carboxylic acids is 1. The van der Waals surface area contributed by atoms with E-state index in [2.05, 4.69) is 4.74 Å². The van der Waals surface area contributed by atoms with E-state index in [-0.39, 0.29) is 0 Å². The van der Waals surface area contributed by atoms with Crippen molar-refractivity contribution in [1.82, 2.24) is 0 Å². The molecule has 0 saturated heterocycles. The first-order valence-electron chi connectivity index (χ1n) is 3.78. The molecule has 1 unspecified atom stereocenters. The summed E-state index contributed by atoms with van der Waals surface area (Å²) in [5.74, 6) is 0. The Balaban J connectivity index is 2.55. The Kier molecular flexibility index (Phi) is 2.53. The second-order valence-electron chi connectivity index (χ2n) is 2.86. The van der Waals surface area contributed by atoms with Crippen LogP contribution >= 0.6 is 0 Å². The zero-order chi connectivity index (χ0) is 9.03. The summed E-state index contributed by atoms with van der Waals surface area (Å²) in [6.45, 7) is 1.84. The van der Waals surface area contributed by atoms with Crippen molar-refractivity contribution < 1.29 is 14.3 Å². The van der Waals surface area contributed by atoms with E-state index < -0.39 is 11.8 Å². The molecule has 1 aliphatic rings. The van der Waals surface area contributed by atoms with Crippen molar-refractivity contribution in [3.05, 3.63) is 24.3 Å². The average molecular weight is 168 g/mol. The standard InChI is InChI=1S/C9H12O3/c1-9(12-8(10)11-2)6-4-3-5-7-9/h3-6H,7H2,1-2H3. The maximum absolute atomic E-state index is 10.8. The Morgan fingerprint density at radius 2 is 2.25 bits per heavy atom. The summed E-state index contributed by atoms with van der Waals surface area (Å²) in [6, 6.07) is 0. The first-order valence-corrected chi connectivity index (χ1v) is 3.78. The quantitative estimate of drug-likeness (QED) is 0.562. The Bertz CT molecular complexity index is 230. The minimum Gasteiger partial charge on any atom is -0.438 e. The Hall–Kier alpha value is -1.25. The van der Waals surface area contributed by atoms with Crippen molar-refractivity contribution in [2.75, 3.05) is 7.11 Å². The maximum Gasteiger partial charge on any atom is 0.508 e. The van der Waals surface area contributed by atoms with Gasteiger partial charge in [0.1, 0.15) is 5.60 Å². The van der Waals surface area contributed by atoms with Crippen LogP contribution < -0.4 is 0 Å². The van der Waals surface area contributed by atoms with Gasteiger partial charge in [0.2, 0.25) is 0 Å². The molecule has 0 aliphatic heterocycles. The van der Waals surface area contributed by atoms with Crippen molar-refractivity contribution in [2.45, 2.75) is 18.9 Å². The van der Waals surface area contributed by atoms with E-state index in [1.165, 1.54) is 7.11 Å². The lowest BCUT2D eigenvalue weighted by Gasteiger charge is -2.25. The molecule has 66 valence electrons. The number of hydrogen-bond acceptors (Lipinski definition) is 3. The summed E-state index contributed by atoms with van der Waals surface area (Å²) in [4.78, 5) is 10.8. The van der Waals surface area contributed by atoms with Crippen LogP contribution in [0.5, 0.6) is 0 Å². The van der Waals surface area contributed by atoms with Crippen molar-refractivity contribution in [2.24, 2.45) is 0 Å². The van der Waals surface area contributed by atoms with Gasteiger partial charge < -0.3 is 9.47 Å². The molecule has 0 N–H and O–H groups in total. The Morgan fingerprint density at radius 1 is 1.50 bits per heavy atom. The first kappa shape index (κ1) is 8.84. The van der Waals surface area contributed by atoms with Gasteiger partial charge in [-0.15, -0.1) is 0 Å². The average Bonchev–Trinajstić information content (AvgIpc) is 2.05. The van der Waals surface area contributed by atoms with Gasteiger partial charge in [-0.1, -0.05) is 18.2 Å². The minimum absolute atomic E-state index is 0.540. The Labute approximate surface area is 71.7 Å². The number of allylic oxidation sites excluding steroid dienone is 2. The fourth-order valence-electron chi connectivity index (χ4n) is 1.02. The van der Waals surface area contributed by atoms with Crippen LogP contribution in [0.25, 0.3) is 0 Å². The van der Waals surface area contributed by atoms with Gasteiger partial charge in [-0.2, -0.15) is 0 Å². The van der Waals surface area contributed by atoms with Crippen LogP contribution in [0, 0.1) is 0 Å². The number of carbonyl (C=O) groups is 1. The van der Waals surface area contributed by atoms with Crippen molar-refractivity contribution in [3.63, 3.8) is 0 Å². The van der Waals surface area contributed by atoms with Gasteiger partial charge in [0.05, 0.1) is 7.11 Å². The fraction of sp³-hybridized carbons (Fsp3) is 0.444. The molecule has 0 spiro atoms. The molecule has 1 rings (SSSR count). The molecule has 0 saturated carbocycles. The summed E-state index contributed by atoms with van der Waals surface area (Å²) in [5.41, 5.74) is -0.540. The normalized spacial score (nSPS) is 26.8. The SMILES string of the molecule is COC(=O)OC1(C)C=CC=CC1. The van der Waals surface area contributed by atoms with Crippen LogP contribution in [0.4, 0.5) is 4.79 Å². The van der Waals surface area contributed by atoms with E-state index in [1.54, 1.807) is 0 Å². The van der Waals surface area contributed by atoms with Crippen molar-refractivity contribution in [1.29, 1.82) is 0 Å². The molecule has 0 aromatic carbocycles. The molecule has 3 heteroatoms. The molecule has 0 aromatic heterocycles. The summed E-state index contributed by atoms with van der Waals surface area (Å²) >= 11 is 0. The molecule has 0 fully saturated rings. The number of rotatable bonds is 1. The zero-order valence-electron chi connectivity index (χ0n) is 7.24. The first-order chi connectivity index (χ1) is 5.66. The molecular formula is C9H12O3. The van der Waals surface area contributed by atoms with Gasteiger partial charge in [-0.05, 0) is 13.0 Å². The lowest BCUT2D eigenvalue weighted by molar-refractivity contribution is 0.00970. The van der Waals surface area contributed by atoms with E-state index in [1.807, 2.05) is 31.2 Å². The molecule has 0 bridgehead atoms. The lowest BCUT2D eigenvalue weighted by atomic mass is 9.98. The van der Waals surface area contributed by atoms with Crippen LogP contribution in [-0.4, -0.2) is 18.9 Å². The van der Waals surface area contributed by atoms with E-state index in [0.717, 1.165) is 0 Å². The summed E-state index contributed by atoms with van der Waals surface area (Å²) in [6.07, 6.45) is 7.61. The van der Waals surface area contributed by atoms with Gasteiger partial charge in [0, 0.05) is 6.42 Å². The highest BCUT2D eigenvalue weighted by Gasteiger charge is 2.25. The topological polar surface area (TPSA) is 35.5 Å². The lowest BCUT2D eigenvalue weighted by Crippen LogP contribution is -2.29. The monoisotopic (exact) mass is 168 g/mol. The van der Waals surface area contributed by atoms with E-state index >= 15 is 0 Å². The van der Waals surface area contributed by atoms with Crippen LogP contribution in [-0.2, 0) is 9.47 Å². The van der Waals surface area contributed by atoms with Gasteiger partial charge in [-0.25, -0.2) is 4.79 Å². The molecule has 0 radical (unpaired) electrons. The van der Waals surface area contributed by atoms with Gasteiger partial charge in [0.25, 0.3) is 0 Å². The predicted octanol–water partition coefficient (Wildman–Crippen LogP) is 2.04. The molecule has 1 atom stereocenters. The smallest absolute Gasteiger partial charge is 0.438 e. The number of ether oxygens (including phenoxy) is 2. The molecule has 0 amide bonds. The van der Waals surface area contributed by atoms with Gasteiger partial charge in [0.15, 0.2) is 0 Å². The zero-order valence-corrected chi connectivity index (χ0v) is 7.24. The predicted molar refractivity (Wildman–Crippen MR) is 44.8 cm³/mol. The number of methoxy groups -OCH3 is 1. The highest BCUT2D eigenvalue weighted by atomic mass is 16.7. The summed E-state index contributed by atoms with van der Waals surface area (Å²) in [7, 11) is 1.30. The highest BCUT2D eigenvalue weighted by molar-refractivity contribution is 5.60. The third kappa shape index (κ3) is 2.12. The minimum atomic E-state index is -0.641. The van der Waals surface area contributed by atoms with E-state index in [4.69, 9.17) is 4.74 Å². The highest BCUT2D eigenvalue weighted by Crippen LogP contribution is 2.21. The summed E-state index contributed by atoms with van der Waals surface area (Å²) in [5, 5.41) is 0. The molecule has 3 nitrogen and oxygen atoms in total. The van der Waals surface area contributed by atoms with E-state index in [0.29, 0.717) is 6.42 Å². The Morgan fingerprint density at radius 3 is 2.75 bits per heavy atom. The number of hydrogen-bond donors (Lipinski definition) is 0. The molecule has 0 heterocycles. The molecular weight excluding hydrogens is 156 g/mol. The molecule has 1 aliphatic carbocycles. The van der Waals surface area contributed by atoms with Crippen LogP contribution in [0.15, 0.2) is 24.3 Å². The third-order valence-corrected chi connectivity index (χ3v) is 1.70. The second-order valence-corrected chi connectivity index (χ2v) is 2.86. The van der Waals surface area contributed by atoms with Gasteiger partial charge >= 0.3 is 6.16 Å². The largest absolute Gasteiger partial charge is 0.508 e. The molecule has 12 heavy (non-hydrogen) atoms. The summed E-state index contributed by atoms with van der Waals surface area (Å²) < 4.78 is 9.43. The van der Waals surface area contributed by atoms with Crippen molar-refractivity contribution >= 4 is 6.16 Å². The van der Waals surface area contributed by atoms with Gasteiger partial charge in [-0.3, -0.25) is 0 Å². The fourth-order valence-corrected chi connectivity index (χ4v) is 1.02. The maximum atomic E-state index is 10.8.